The fourth-order valence-corrected chi connectivity index (χ4v) is 2.31. The van der Waals surface area contributed by atoms with E-state index in [-0.39, 0.29) is 23.6 Å². The van der Waals surface area contributed by atoms with Gasteiger partial charge in [-0.3, -0.25) is 4.79 Å². The summed E-state index contributed by atoms with van der Waals surface area (Å²) >= 11 is 0. The topological polar surface area (TPSA) is 52.6 Å². The minimum absolute atomic E-state index is 0.00145. The van der Waals surface area contributed by atoms with Crippen molar-refractivity contribution >= 4 is 5.91 Å². The van der Waals surface area contributed by atoms with E-state index in [0.29, 0.717) is 5.56 Å². The maximum absolute atomic E-state index is 12.9. The molecular formula is C18H23FN2O2. The summed E-state index contributed by atoms with van der Waals surface area (Å²) in [7, 11) is 0. The summed E-state index contributed by atoms with van der Waals surface area (Å²) in [5.41, 5.74) is 1.21. The van der Waals surface area contributed by atoms with Crippen molar-refractivity contribution in [1.29, 1.82) is 0 Å². The van der Waals surface area contributed by atoms with Crippen LogP contribution in [0.3, 0.4) is 0 Å². The van der Waals surface area contributed by atoms with Crippen LogP contribution in [-0.2, 0) is 11.2 Å². The van der Waals surface area contributed by atoms with E-state index >= 15 is 0 Å². The van der Waals surface area contributed by atoms with Gasteiger partial charge in [0.25, 0.3) is 0 Å². The maximum Gasteiger partial charge on any atom is 0.228 e. The van der Waals surface area contributed by atoms with Crippen LogP contribution in [0.2, 0.25) is 0 Å². The summed E-state index contributed by atoms with van der Waals surface area (Å²) < 4.78 is 12.9. The van der Waals surface area contributed by atoms with E-state index in [1.165, 1.54) is 12.1 Å². The van der Waals surface area contributed by atoms with Crippen molar-refractivity contribution in [2.75, 3.05) is 6.54 Å². The number of hydrogen-bond donors (Lipinski definition) is 2. The lowest BCUT2D eigenvalue weighted by atomic mass is 9.99. The Morgan fingerprint density at radius 2 is 2.17 bits per heavy atom. The van der Waals surface area contributed by atoms with Gasteiger partial charge >= 0.3 is 0 Å². The van der Waals surface area contributed by atoms with E-state index < -0.39 is 5.82 Å². The smallest absolute Gasteiger partial charge is 0.228 e. The zero-order chi connectivity index (χ0) is 17.0. The zero-order valence-corrected chi connectivity index (χ0v) is 13.8. The molecule has 0 saturated heterocycles. The molecule has 1 aliphatic rings. The predicted molar refractivity (Wildman–Crippen MR) is 88.2 cm³/mol. The van der Waals surface area contributed by atoms with Crippen molar-refractivity contribution in [3.63, 3.8) is 0 Å². The summed E-state index contributed by atoms with van der Waals surface area (Å²) in [6.07, 6.45) is 6.83. The third kappa shape index (κ3) is 4.34. The van der Waals surface area contributed by atoms with Crippen LogP contribution in [0.5, 0.6) is 5.75 Å². The fourth-order valence-electron chi connectivity index (χ4n) is 2.31. The monoisotopic (exact) mass is 318 g/mol. The van der Waals surface area contributed by atoms with E-state index in [9.17, 15) is 14.3 Å². The highest BCUT2D eigenvalue weighted by Gasteiger charge is 2.22. The SMILES string of the molecule is CCC(C)(C)N1C=CC(NC(=O)Cc2ccc(F)cc2O)=CC1. The summed E-state index contributed by atoms with van der Waals surface area (Å²) in [6, 6.07) is 3.65. The molecule has 0 atom stereocenters. The lowest BCUT2D eigenvalue weighted by molar-refractivity contribution is -0.119. The van der Waals surface area contributed by atoms with Gasteiger partial charge < -0.3 is 15.3 Å². The molecule has 1 aliphatic heterocycles. The van der Waals surface area contributed by atoms with Crippen molar-refractivity contribution in [2.24, 2.45) is 0 Å². The molecule has 0 aromatic heterocycles. The van der Waals surface area contributed by atoms with Gasteiger partial charge in [0, 0.05) is 35.6 Å². The van der Waals surface area contributed by atoms with Crippen molar-refractivity contribution in [2.45, 2.75) is 39.2 Å². The van der Waals surface area contributed by atoms with Crippen LogP contribution in [0.4, 0.5) is 4.39 Å². The normalized spacial score (nSPS) is 14.6. The number of nitrogens with zero attached hydrogens (tertiary/aromatic N) is 1. The van der Waals surface area contributed by atoms with Crippen LogP contribution < -0.4 is 5.32 Å². The highest BCUT2D eigenvalue weighted by Crippen LogP contribution is 2.22. The zero-order valence-electron chi connectivity index (χ0n) is 13.8. The maximum atomic E-state index is 12.9. The van der Waals surface area contributed by atoms with Gasteiger partial charge in [-0.2, -0.15) is 0 Å². The quantitative estimate of drug-likeness (QED) is 0.877. The van der Waals surface area contributed by atoms with Crippen LogP contribution in [0.15, 0.2) is 42.2 Å². The number of phenols is 1. The Hall–Kier alpha value is -2.30. The molecule has 23 heavy (non-hydrogen) atoms. The number of aromatic hydroxyl groups is 1. The number of carbonyl (C=O) groups is 1. The number of rotatable bonds is 5. The molecule has 0 aliphatic carbocycles. The third-order valence-electron chi connectivity index (χ3n) is 4.27. The minimum Gasteiger partial charge on any atom is -0.508 e. The lowest BCUT2D eigenvalue weighted by Crippen LogP contribution is -2.41. The largest absolute Gasteiger partial charge is 0.508 e. The van der Waals surface area contributed by atoms with Crippen molar-refractivity contribution in [3.05, 3.63) is 53.6 Å². The van der Waals surface area contributed by atoms with Gasteiger partial charge in [-0.1, -0.05) is 13.0 Å². The van der Waals surface area contributed by atoms with Gasteiger partial charge in [0.15, 0.2) is 0 Å². The molecule has 2 N–H and O–H groups in total. The van der Waals surface area contributed by atoms with E-state index in [1.54, 1.807) is 0 Å². The highest BCUT2D eigenvalue weighted by molar-refractivity contribution is 5.81. The van der Waals surface area contributed by atoms with Crippen LogP contribution in [0.25, 0.3) is 0 Å². The Labute approximate surface area is 136 Å². The van der Waals surface area contributed by atoms with Gasteiger partial charge in [0.1, 0.15) is 11.6 Å². The Kier molecular flexibility index (Phi) is 5.08. The standard InChI is InChI=1S/C18H23FN2O2/c1-4-18(2,3)21-9-7-15(8-10-21)20-17(23)11-13-5-6-14(19)12-16(13)22/h5-9,12,22H,4,10-11H2,1-3H3,(H,20,23). The first-order valence-corrected chi connectivity index (χ1v) is 7.74. The second kappa shape index (κ2) is 6.86. The molecule has 1 aromatic rings. The average molecular weight is 318 g/mol. The fraction of sp³-hybridized carbons (Fsp3) is 0.389. The van der Waals surface area contributed by atoms with E-state index in [2.05, 4.69) is 31.0 Å². The Morgan fingerprint density at radius 3 is 2.74 bits per heavy atom. The number of benzene rings is 1. The number of carbonyl (C=O) groups excluding carboxylic acids is 1. The molecule has 124 valence electrons. The van der Waals surface area contributed by atoms with Gasteiger partial charge in [0.05, 0.1) is 6.42 Å². The van der Waals surface area contributed by atoms with Crippen molar-refractivity contribution in [3.8, 4) is 5.75 Å². The molecule has 0 fully saturated rings. The molecule has 0 saturated carbocycles. The van der Waals surface area contributed by atoms with Crippen molar-refractivity contribution in [1.82, 2.24) is 10.2 Å². The summed E-state index contributed by atoms with van der Waals surface area (Å²) in [5.74, 6) is -0.974. The molecular weight excluding hydrogens is 295 g/mol. The van der Waals surface area contributed by atoms with E-state index in [4.69, 9.17) is 0 Å². The second-order valence-corrected chi connectivity index (χ2v) is 6.29. The van der Waals surface area contributed by atoms with E-state index in [1.807, 2.05) is 18.4 Å². The van der Waals surface area contributed by atoms with Gasteiger partial charge in [-0.05, 0) is 38.5 Å². The molecule has 1 amide bonds. The lowest BCUT2D eigenvalue weighted by Gasteiger charge is -2.38. The van der Waals surface area contributed by atoms with E-state index in [0.717, 1.165) is 24.7 Å². The number of allylic oxidation sites excluding steroid dienone is 1. The average Bonchev–Trinajstić information content (AvgIpc) is 2.50. The molecule has 5 heteroatoms. The number of hydrogen-bond acceptors (Lipinski definition) is 3. The Balaban J connectivity index is 1.93. The predicted octanol–water partition coefficient (Wildman–Crippen LogP) is 3.09. The van der Waals surface area contributed by atoms with Gasteiger partial charge in [-0.25, -0.2) is 4.39 Å². The number of amides is 1. The van der Waals surface area contributed by atoms with Crippen LogP contribution in [0, 0.1) is 5.82 Å². The van der Waals surface area contributed by atoms with Crippen LogP contribution in [-0.4, -0.2) is 28.0 Å². The minimum atomic E-state index is -0.525. The first-order valence-electron chi connectivity index (χ1n) is 7.74. The molecule has 0 radical (unpaired) electrons. The van der Waals surface area contributed by atoms with Crippen molar-refractivity contribution < 1.29 is 14.3 Å². The number of nitrogens with one attached hydrogen (secondary N) is 1. The second-order valence-electron chi connectivity index (χ2n) is 6.29. The molecule has 0 spiro atoms. The van der Waals surface area contributed by atoms with Gasteiger partial charge in [0.2, 0.25) is 5.91 Å². The first-order chi connectivity index (χ1) is 10.8. The number of phenolic OH excluding ortho intramolecular Hbond substituents is 1. The number of halogens is 1. The molecule has 0 unspecified atom stereocenters. The third-order valence-corrected chi connectivity index (χ3v) is 4.27. The highest BCUT2D eigenvalue weighted by atomic mass is 19.1. The van der Waals surface area contributed by atoms with Crippen LogP contribution in [0.1, 0.15) is 32.8 Å². The molecule has 1 heterocycles. The molecule has 0 bridgehead atoms. The first kappa shape index (κ1) is 17.1. The summed E-state index contributed by atoms with van der Waals surface area (Å²) in [6.45, 7) is 7.22. The molecule has 4 nitrogen and oxygen atoms in total. The Morgan fingerprint density at radius 1 is 1.43 bits per heavy atom. The summed E-state index contributed by atoms with van der Waals surface area (Å²) in [5, 5.41) is 12.4. The Bertz CT molecular complexity index is 650. The molecule has 1 aromatic carbocycles. The van der Waals surface area contributed by atoms with Gasteiger partial charge in [-0.15, -0.1) is 0 Å². The summed E-state index contributed by atoms with van der Waals surface area (Å²) in [4.78, 5) is 14.3. The molecule has 2 rings (SSSR count). The van der Waals surface area contributed by atoms with Crippen LogP contribution >= 0.6 is 0 Å².